The monoisotopic (exact) mass is 244 g/mol. The zero-order valence-electron chi connectivity index (χ0n) is 9.65. The van der Waals surface area contributed by atoms with Gasteiger partial charge in [-0.2, -0.15) is 0 Å². The Hall–Kier alpha value is -0.980. The van der Waals surface area contributed by atoms with Gasteiger partial charge < -0.3 is 14.8 Å². The van der Waals surface area contributed by atoms with Gasteiger partial charge in [-0.3, -0.25) is 4.79 Å². The maximum Gasteiger partial charge on any atom is 0.227 e. The van der Waals surface area contributed by atoms with Crippen LogP contribution in [0.5, 0.6) is 0 Å². The summed E-state index contributed by atoms with van der Waals surface area (Å²) in [6.07, 6.45) is -0.0967. The highest BCUT2D eigenvalue weighted by atomic mass is 32.1. The fourth-order valence-electron chi connectivity index (χ4n) is 1.14. The van der Waals surface area contributed by atoms with Crippen molar-refractivity contribution in [3.63, 3.8) is 0 Å². The molecule has 5 nitrogen and oxygen atoms in total. The van der Waals surface area contributed by atoms with Gasteiger partial charge in [0.15, 0.2) is 6.29 Å². The van der Waals surface area contributed by atoms with Gasteiger partial charge in [0.25, 0.3) is 0 Å². The van der Waals surface area contributed by atoms with Crippen LogP contribution in [-0.2, 0) is 20.7 Å². The smallest absolute Gasteiger partial charge is 0.227 e. The number of methoxy groups -OCH3 is 2. The molecule has 1 amide bonds. The molecule has 0 saturated carbocycles. The standard InChI is InChI=1S/C10H16N2O3S/c1-7-6-16-9(12-7)4-8(13)11-5-10(14-2)15-3/h6,10H,4-5H2,1-3H3,(H,11,13). The zero-order chi connectivity index (χ0) is 12.0. The molecule has 1 heterocycles. The van der Waals surface area contributed by atoms with Crippen LogP contribution in [-0.4, -0.2) is 37.9 Å². The first-order valence-corrected chi connectivity index (χ1v) is 5.77. The van der Waals surface area contributed by atoms with Crippen molar-refractivity contribution in [2.45, 2.75) is 19.6 Å². The Morgan fingerprint density at radius 3 is 2.75 bits per heavy atom. The average Bonchev–Trinajstić information content (AvgIpc) is 2.65. The summed E-state index contributed by atoms with van der Waals surface area (Å²) in [5.74, 6) is -0.0755. The number of carbonyl (C=O) groups excluding carboxylic acids is 1. The molecule has 1 rings (SSSR count). The van der Waals surface area contributed by atoms with Crippen molar-refractivity contribution >= 4 is 17.2 Å². The predicted octanol–water partition coefficient (Wildman–Crippen LogP) is 0.729. The average molecular weight is 244 g/mol. The molecule has 1 aromatic rings. The minimum atomic E-state index is -0.401. The van der Waals surface area contributed by atoms with Crippen LogP contribution < -0.4 is 5.32 Å². The van der Waals surface area contributed by atoms with E-state index in [-0.39, 0.29) is 5.91 Å². The highest BCUT2D eigenvalue weighted by Crippen LogP contribution is 2.08. The van der Waals surface area contributed by atoms with Crippen LogP contribution in [0.4, 0.5) is 0 Å². The number of amides is 1. The first-order chi connectivity index (χ1) is 7.65. The van der Waals surface area contributed by atoms with Crippen LogP contribution >= 0.6 is 11.3 Å². The van der Waals surface area contributed by atoms with Crippen LogP contribution in [0, 0.1) is 6.92 Å². The van der Waals surface area contributed by atoms with E-state index in [0.29, 0.717) is 13.0 Å². The number of carbonyl (C=O) groups is 1. The summed E-state index contributed by atoms with van der Waals surface area (Å²) in [5, 5.41) is 5.47. The van der Waals surface area contributed by atoms with E-state index in [4.69, 9.17) is 9.47 Å². The minimum absolute atomic E-state index is 0.0755. The largest absolute Gasteiger partial charge is 0.354 e. The number of ether oxygens (including phenoxy) is 2. The second-order valence-electron chi connectivity index (χ2n) is 3.26. The first-order valence-electron chi connectivity index (χ1n) is 4.89. The Bertz CT molecular complexity index is 337. The van der Waals surface area contributed by atoms with Gasteiger partial charge in [-0.1, -0.05) is 0 Å². The van der Waals surface area contributed by atoms with Crippen molar-refractivity contribution in [3.8, 4) is 0 Å². The molecule has 0 saturated heterocycles. The SMILES string of the molecule is COC(CNC(=O)Cc1nc(C)cs1)OC. The lowest BCUT2D eigenvalue weighted by molar-refractivity contribution is -0.126. The summed E-state index contributed by atoms with van der Waals surface area (Å²) in [7, 11) is 3.06. The molecule has 0 aliphatic rings. The molecule has 0 aliphatic carbocycles. The normalized spacial score (nSPS) is 10.8. The second kappa shape index (κ2) is 6.57. The summed E-state index contributed by atoms with van der Waals surface area (Å²) in [6.45, 7) is 2.25. The van der Waals surface area contributed by atoms with E-state index < -0.39 is 6.29 Å². The molecular formula is C10H16N2O3S. The zero-order valence-corrected chi connectivity index (χ0v) is 10.5. The maximum atomic E-state index is 11.5. The number of hydrogen-bond acceptors (Lipinski definition) is 5. The maximum absolute atomic E-state index is 11.5. The second-order valence-corrected chi connectivity index (χ2v) is 4.21. The van der Waals surface area contributed by atoms with E-state index in [1.807, 2.05) is 12.3 Å². The van der Waals surface area contributed by atoms with Crippen LogP contribution in [0.1, 0.15) is 10.7 Å². The molecule has 0 atom stereocenters. The highest BCUT2D eigenvalue weighted by molar-refractivity contribution is 7.09. The summed E-state index contributed by atoms with van der Waals surface area (Å²) in [6, 6.07) is 0. The van der Waals surface area contributed by atoms with Crippen molar-refractivity contribution in [1.29, 1.82) is 0 Å². The number of aryl methyl sites for hydroxylation is 1. The molecule has 16 heavy (non-hydrogen) atoms. The van der Waals surface area contributed by atoms with E-state index in [9.17, 15) is 4.79 Å². The van der Waals surface area contributed by atoms with Gasteiger partial charge in [-0.05, 0) is 6.92 Å². The number of aromatic nitrogens is 1. The Labute approximate surface area is 98.8 Å². The van der Waals surface area contributed by atoms with Gasteiger partial charge in [0.1, 0.15) is 5.01 Å². The van der Waals surface area contributed by atoms with Gasteiger partial charge >= 0.3 is 0 Å². The Morgan fingerprint density at radius 2 is 2.25 bits per heavy atom. The van der Waals surface area contributed by atoms with E-state index in [0.717, 1.165) is 10.7 Å². The summed E-state index contributed by atoms with van der Waals surface area (Å²) in [4.78, 5) is 15.7. The molecule has 0 aliphatic heterocycles. The van der Waals surface area contributed by atoms with E-state index >= 15 is 0 Å². The lowest BCUT2D eigenvalue weighted by Gasteiger charge is -2.13. The lowest BCUT2D eigenvalue weighted by atomic mass is 10.4. The highest BCUT2D eigenvalue weighted by Gasteiger charge is 2.09. The van der Waals surface area contributed by atoms with E-state index in [1.165, 1.54) is 25.6 Å². The molecular weight excluding hydrogens is 228 g/mol. The van der Waals surface area contributed by atoms with Gasteiger partial charge in [0, 0.05) is 25.3 Å². The molecule has 0 radical (unpaired) electrons. The molecule has 0 spiro atoms. The quantitative estimate of drug-likeness (QED) is 0.749. The van der Waals surface area contributed by atoms with Gasteiger partial charge in [0.2, 0.25) is 5.91 Å². The molecule has 1 N–H and O–H groups in total. The van der Waals surface area contributed by atoms with Crippen molar-refractivity contribution in [1.82, 2.24) is 10.3 Å². The van der Waals surface area contributed by atoms with Crippen molar-refractivity contribution < 1.29 is 14.3 Å². The van der Waals surface area contributed by atoms with Crippen LogP contribution in [0.2, 0.25) is 0 Å². The van der Waals surface area contributed by atoms with Crippen LogP contribution in [0.25, 0.3) is 0 Å². The Kier molecular flexibility index (Phi) is 5.37. The summed E-state index contributed by atoms with van der Waals surface area (Å²) in [5.41, 5.74) is 0.944. The van der Waals surface area contributed by atoms with Crippen molar-refractivity contribution in [2.24, 2.45) is 0 Å². The van der Waals surface area contributed by atoms with Gasteiger partial charge in [-0.15, -0.1) is 11.3 Å². The Morgan fingerprint density at radius 1 is 1.56 bits per heavy atom. The topological polar surface area (TPSA) is 60.5 Å². The third-order valence-electron chi connectivity index (χ3n) is 1.97. The number of nitrogens with zero attached hydrogens (tertiary/aromatic N) is 1. The fraction of sp³-hybridized carbons (Fsp3) is 0.600. The van der Waals surface area contributed by atoms with Crippen LogP contribution in [0.3, 0.4) is 0 Å². The summed E-state index contributed by atoms with van der Waals surface area (Å²) < 4.78 is 9.91. The molecule has 0 aromatic carbocycles. The molecule has 6 heteroatoms. The molecule has 1 aromatic heterocycles. The minimum Gasteiger partial charge on any atom is -0.354 e. The lowest BCUT2D eigenvalue weighted by Crippen LogP contribution is -2.34. The fourth-order valence-corrected chi connectivity index (χ4v) is 1.91. The number of nitrogens with one attached hydrogen (secondary N) is 1. The number of hydrogen-bond donors (Lipinski definition) is 1. The third-order valence-corrected chi connectivity index (χ3v) is 2.94. The number of thiazole rings is 1. The van der Waals surface area contributed by atoms with E-state index in [2.05, 4.69) is 10.3 Å². The van der Waals surface area contributed by atoms with Crippen molar-refractivity contribution in [3.05, 3.63) is 16.1 Å². The van der Waals surface area contributed by atoms with Gasteiger partial charge in [0.05, 0.1) is 13.0 Å². The molecule has 90 valence electrons. The molecule has 0 unspecified atom stereocenters. The predicted molar refractivity (Wildman–Crippen MR) is 61.4 cm³/mol. The van der Waals surface area contributed by atoms with E-state index in [1.54, 1.807) is 0 Å². The Balaban J connectivity index is 2.31. The first kappa shape index (κ1) is 13.1. The van der Waals surface area contributed by atoms with Gasteiger partial charge in [-0.25, -0.2) is 4.98 Å². The van der Waals surface area contributed by atoms with Crippen molar-refractivity contribution in [2.75, 3.05) is 20.8 Å². The number of rotatable bonds is 6. The third kappa shape index (κ3) is 4.26. The van der Waals surface area contributed by atoms with Crippen LogP contribution in [0.15, 0.2) is 5.38 Å². The molecule has 0 fully saturated rings. The summed E-state index contributed by atoms with van der Waals surface area (Å²) >= 11 is 1.49. The molecule has 0 bridgehead atoms.